The number of hydrogen-bond acceptors (Lipinski definition) is 3. The molecule has 0 aromatic heterocycles. The lowest BCUT2D eigenvalue weighted by atomic mass is 10.1. The number of carbonyl (C=O) groups is 2. The first-order valence-corrected chi connectivity index (χ1v) is 7.95. The number of nitrogens with one attached hydrogen (secondary N) is 1. The molecule has 0 bridgehead atoms. The summed E-state index contributed by atoms with van der Waals surface area (Å²) in [6, 6.07) is 13.0. The van der Waals surface area contributed by atoms with E-state index in [0.717, 1.165) is 15.7 Å². The lowest BCUT2D eigenvalue weighted by Gasteiger charge is -2.16. The number of fused-ring (bicyclic) bond motifs is 1. The maximum absolute atomic E-state index is 12.7. The van der Waals surface area contributed by atoms with Crippen molar-refractivity contribution < 1.29 is 9.59 Å². The van der Waals surface area contributed by atoms with Gasteiger partial charge in [-0.25, -0.2) is 0 Å². The highest BCUT2D eigenvalue weighted by atomic mass is 79.9. The number of ketones is 1. The summed E-state index contributed by atoms with van der Waals surface area (Å²) in [6.45, 7) is 1.46. The third-order valence-corrected chi connectivity index (χ3v) is 4.23. The van der Waals surface area contributed by atoms with E-state index < -0.39 is 0 Å². The van der Waals surface area contributed by atoms with E-state index in [1.807, 2.05) is 37.4 Å². The Morgan fingerprint density at radius 3 is 2.48 bits per heavy atom. The van der Waals surface area contributed by atoms with E-state index in [4.69, 9.17) is 0 Å². The number of hydrogen-bond donors (Lipinski definition) is 1. The molecule has 5 heteroatoms. The van der Waals surface area contributed by atoms with Crippen molar-refractivity contribution in [2.24, 2.45) is 0 Å². The number of benzene rings is 2. The monoisotopic (exact) mass is 370 g/mol. The second-order valence-electron chi connectivity index (χ2n) is 5.25. The fourth-order valence-electron chi connectivity index (χ4n) is 2.63. The minimum Gasteiger partial charge on any atom is -0.388 e. The quantitative estimate of drug-likeness (QED) is 0.810. The Bertz CT molecular complexity index is 825. The van der Waals surface area contributed by atoms with E-state index in [9.17, 15) is 9.59 Å². The molecule has 0 aliphatic carbocycles. The van der Waals surface area contributed by atoms with Gasteiger partial charge >= 0.3 is 0 Å². The molecule has 0 atom stereocenters. The number of carbonyl (C=O) groups excluding carboxylic acids is 2. The van der Waals surface area contributed by atoms with Crippen LogP contribution in [0.4, 0.5) is 11.4 Å². The van der Waals surface area contributed by atoms with Crippen LogP contribution >= 0.6 is 15.9 Å². The Labute approximate surface area is 142 Å². The molecule has 2 aromatic rings. The van der Waals surface area contributed by atoms with Crippen LogP contribution in [0.15, 0.2) is 52.6 Å². The Balaban J connectivity index is 2.09. The largest absolute Gasteiger partial charge is 0.388 e. The molecule has 23 heavy (non-hydrogen) atoms. The zero-order valence-electron chi connectivity index (χ0n) is 12.8. The van der Waals surface area contributed by atoms with Gasteiger partial charge in [-0.05, 0) is 42.0 Å². The van der Waals surface area contributed by atoms with Crippen LogP contribution in [0.5, 0.6) is 0 Å². The second kappa shape index (κ2) is 6.01. The van der Waals surface area contributed by atoms with Crippen LogP contribution in [0.2, 0.25) is 0 Å². The van der Waals surface area contributed by atoms with E-state index in [1.54, 1.807) is 18.2 Å². The molecular formula is C18H15BrN2O2. The van der Waals surface area contributed by atoms with Crippen molar-refractivity contribution in [3.8, 4) is 0 Å². The first kappa shape index (κ1) is 15.5. The second-order valence-corrected chi connectivity index (χ2v) is 6.16. The molecule has 4 nitrogen and oxygen atoms in total. The van der Waals surface area contributed by atoms with Crippen LogP contribution in [0.1, 0.15) is 22.8 Å². The van der Waals surface area contributed by atoms with E-state index in [1.165, 1.54) is 11.8 Å². The van der Waals surface area contributed by atoms with Gasteiger partial charge in [0, 0.05) is 29.7 Å². The van der Waals surface area contributed by atoms with Gasteiger partial charge in [0.25, 0.3) is 0 Å². The summed E-state index contributed by atoms with van der Waals surface area (Å²) >= 11 is 3.37. The van der Waals surface area contributed by atoms with E-state index in [-0.39, 0.29) is 11.7 Å². The maximum Gasteiger partial charge on any atom is 0.228 e. The summed E-state index contributed by atoms with van der Waals surface area (Å²) in [5.74, 6) is -0.327. The van der Waals surface area contributed by atoms with Crippen molar-refractivity contribution >= 4 is 45.1 Å². The molecule has 0 fully saturated rings. The third kappa shape index (κ3) is 2.80. The maximum atomic E-state index is 12.7. The molecule has 1 aliphatic heterocycles. The third-order valence-electron chi connectivity index (χ3n) is 3.74. The molecule has 0 radical (unpaired) electrons. The van der Waals surface area contributed by atoms with Crippen molar-refractivity contribution in [1.82, 2.24) is 0 Å². The summed E-state index contributed by atoms with van der Waals surface area (Å²) in [7, 11) is 1.85. The zero-order valence-corrected chi connectivity index (χ0v) is 14.3. The summed E-state index contributed by atoms with van der Waals surface area (Å²) in [4.78, 5) is 26.2. The average Bonchev–Trinajstić information content (AvgIpc) is 2.81. The number of Topliss-reactive ketones (excluding diaryl/α,β-unsaturated/α-hetero) is 1. The first-order chi connectivity index (χ1) is 11.0. The van der Waals surface area contributed by atoms with Crippen LogP contribution < -0.4 is 10.2 Å². The highest BCUT2D eigenvalue weighted by Gasteiger charge is 2.34. The van der Waals surface area contributed by atoms with E-state index >= 15 is 0 Å². The Hall–Kier alpha value is -2.40. The number of amides is 1. The van der Waals surface area contributed by atoms with Crippen LogP contribution in [0, 0.1) is 0 Å². The predicted molar refractivity (Wildman–Crippen MR) is 95.6 cm³/mol. The standard InChI is InChI=1S/C18H15BrN2O2/c1-11(22)21-16-8-5-13(19)10-15(16)18(23)17(21)9-12-3-6-14(20-2)7-4-12/h3-10,20H,1-2H3/b17-9-. The number of nitrogens with zero attached hydrogens (tertiary/aromatic N) is 1. The molecule has 116 valence electrons. The molecule has 0 unspecified atom stereocenters. The minimum absolute atomic E-state index is 0.144. The molecule has 0 saturated carbocycles. The molecule has 1 aliphatic rings. The topological polar surface area (TPSA) is 49.4 Å². The molecular weight excluding hydrogens is 356 g/mol. The van der Waals surface area contributed by atoms with Crippen molar-refractivity contribution in [3.63, 3.8) is 0 Å². The Kier molecular flexibility index (Phi) is 4.05. The molecule has 1 N–H and O–H groups in total. The van der Waals surface area contributed by atoms with Gasteiger partial charge in [-0.15, -0.1) is 0 Å². The van der Waals surface area contributed by atoms with Gasteiger partial charge in [0.2, 0.25) is 11.7 Å². The lowest BCUT2D eigenvalue weighted by Crippen LogP contribution is -2.25. The SMILES string of the molecule is CNc1ccc(/C=C2/C(=O)c3cc(Br)ccc3N2C(C)=O)cc1. The molecule has 1 amide bonds. The van der Waals surface area contributed by atoms with Gasteiger partial charge in [-0.3, -0.25) is 14.5 Å². The van der Waals surface area contributed by atoms with Crippen LogP contribution in [-0.2, 0) is 4.79 Å². The number of halogens is 1. The van der Waals surface area contributed by atoms with Gasteiger partial charge in [0.1, 0.15) is 0 Å². The zero-order chi connectivity index (χ0) is 16.6. The first-order valence-electron chi connectivity index (χ1n) is 7.15. The number of anilines is 2. The normalized spacial score (nSPS) is 15.0. The molecule has 0 spiro atoms. The van der Waals surface area contributed by atoms with E-state index in [2.05, 4.69) is 21.2 Å². The average molecular weight is 371 g/mol. The highest BCUT2D eigenvalue weighted by Crippen LogP contribution is 2.37. The van der Waals surface area contributed by atoms with Gasteiger partial charge in [-0.1, -0.05) is 28.1 Å². The summed E-state index contributed by atoms with van der Waals surface area (Å²) in [5, 5.41) is 3.05. The van der Waals surface area contributed by atoms with Crippen LogP contribution in [-0.4, -0.2) is 18.7 Å². The number of allylic oxidation sites excluding steroid dienone is 1. The van der Waals surface area contributed by atoms with Gasteiger partial charge in [0.15, 0.2) is 0 Å². The molecule has 3 rings (SSSR count). The summed E-state index contributed by atoms with van der Waals surface area (Å²) in [5.41, 5.74) is 3.39. The Morgan fingerprint density at radius 2 is 1.87 bits per heavy atom. The van der Waals surface area contributed by atoms with Gasteiger partial charge < -0.3 is 5.32 Å². The predicted octanol–water partition coefficient (Wildman–Crippen LogP) is 4.08. The van der Waals surface area contributed by atoms with Crippen LogP contribution in [0.3, 0.4) is 0 Å². The lowest BCUT2D eigenvalue weighted by molar-refractivity contribution is -0.116. The molecule has 1 heterocycles. The van der Waals surface area contributed by atoms with Crippen molar-refractivity contribution in [3.05, 3.63) is 63.8 Å². The molecule has 0 saturated heterocycles. The fourth-order valence-corrected chi connectivity index (χ4v) is 2.99. The van der Waals surface area contributed by atoms with Crippen molar-refractivity contribution in [1.29, 1.82) is 0 Å². The smallest absolute Gasteiger partial charge is 0.228 e. The fraction of sp³-hybridized carbons (Fsp3) is 0.111. The van der Waals surface area contributed by atoms with E-state index in [0.29, 0.717) is 16.9 Å². The van der Waals surface area contributed by atoms with Gasteiger partial charge in [-0.2, -0.15) is 0 Å². The molecule has 2 aromatic carbocycles. The minimum atomic E-state index is -0.183. The summed E-state index contributed by atoms with van der Waals surface area (Å²) < 4.78 is 0.813. The highest BCUT2D eigenvalue weighted by molar-refractivity contribution is 9.10. The van der Waals surface area contributed by atoms with Gasteiger partial charge in [0.05, 0.1) is 11.4 Å². The number of rotatable bonds is 2. The van der Waals surface area contributed by atoms with Crippen molar-refractivity contribution in [2.75, 3.05) is 17.3 Å². The summed E-state index contributed by atoms with van der Waals surface area (Å²) in [6.07, 6.45) is 1.75. The van der Waals surface area contributed by atoms with Crippen LogP contribution in [0.25, 0.3) is 6.08 Å². The van der Waals surface area contributed by atoms with Crippen molar-refractivity contribution in [2.45, 2.75) is 6.92 Å². The Morgan fingerprint density at radius 1 is 1.17 bits per heavy atom.